The Bertz CT molecular complexity index is 450. The van der Waals surface area contributed by atoms with E-state index in [0.29, 0.717) is 0 Å². The van der Waals surface area contributed by atoms with E-state index in [1.54, 1.807) is 0 Å². The molecule has 0 spiro atoms. The average molecular weight is 288 g/mol. The van der Waals surface area contributed by atoms with Crippen molar-refractivity contribution in [1.29, 1.82) is 0 Å². The number of hydrogen-bond donors (Lipinski definition) is 1. The average Bonchev–Trinajstić information content (AvgIpc) is 2.43. The number of nitrogens with zero attached hydrogens (tertiary/aromatic N) is 2. The van der Waals surface area contributed by atoms with Crippen molar-refractivity contribution in [3.63, 3.8) is 0 Å². The van der Waals surface area contributed by atoms with Gasteiger partial charge in [-0.1, -0.05) is 18.2 Å². The minimum atomic E-state index is 0.0625. The van der Waals surface area contributed by atoms with E-state index in [1.165, 1.54) is 0 Å². The van der Waals surface area contributed by atoms with Crippen LogP contribution in [0.25, 0.3) is 10.9 Å². The number of halogens is 1. The summed E-state index contributed by atoms with van der Waals surface area (Å²) in [6.07, 6.45) is 0. The lowest BCUT2D eigenvalue weighted by molar-refractivity contribution is 0.283. The molecule has 0 bridgehead atoms. The van der Waals surface area contributed by atoms with E-state index in [-0.39, 0.29) is 6.61 Å². The van der Waals surface area contributed by atoms with Gasteiger partial charge < -0.3 is 5.11 Å². The van der Waals surface area contributed by atoms with E-state index in [2.05, 4.69) is 27.7 Å². The Morgan fingerprint density at radius 3 is 3.00 bits per heavy atom. The van der Waals surface area contributed by atoms with Crippen LogP contribution in [0.2, 0.25) is 0 Å². The number of aliphatic hydroxyl groups excluding tert-OH is 1. The Balaban J connectivity index is 2.88. The minimum Gasteiger partial charge on any atom is -0.392 e. The largest absolute Gasteiger partial charge is 0.392 e. The topological polar surface area (TPSA) is 38.0 Å². The van der Waals surface area contributed by atoms with Crippen LogP contribution in [0.5, 0.6) is 0 Å². The van der Waals surface area contributed by atoms with Gasteiger partial charge in [0.05, 0.1) is 12.1 Å². The van der Waals surface area contributed by atoms with Gasteiger partial charge in [0.15, 0.2) is 0 Å². The van der Waals surface area contributed by atoms with Crippen LogP contribution in [-0.4, -0.2) is 14.9 Å². The lowest BCUT2D eigenvalue weighted by atomic mass is 10.1. The monoisotopic (exact) mass is 288 g/mol. The summed E-state index contributed by atoms with van der Waals surface area (Å²) in [7, 11) is 1.89. The zero-order chi connectivity index (χ0) is 9.42. The fraction of sp³-hybridized carbons (Fsp3) is 0.222. The molecule has 4 heteroatoms. The number of aliphatic hydroxyl groups is 1. The van der Waals surface area contributed by atoms with Crippen molar-refractivity contribution in [3.8, 4) is 0 Å². The molecular formula is C9H9IN2O. The summed E-state index contributed by atoms with van der Waals surface area (Å²) < 4.78 is 2.79. The van der Waals surface area contributed by atoms with Gasteiger partial charge in [0.1, 0.15) is 3.70 Å². The lowest BCUT2D eigenvalue weighted by Crippen LogP contribution is -1.94. The summed E-state index contributed by atoms with van der Waals surface area (Å²) in [5.41, 5.74) is 1.95. The molecule has 0 unspecified atom stereocenters. The predicted molar refractivity (Wildman–Crippen MR) is 59.4 cm³/mol. The summed E-state index contributed by atoms with van der Waals surface area (Å²) in [5.74, 6) is 0. The molecular weight excluding hydrogens is 279 g/mol. The van der Waals surface area contributed by atoms with Gasteiger partial charge in [-0.05, 0) is 22.6 Å². The summed E-state index contributed by atoms with van der Waals surface area (Å²) in [5, 5.41) is 14.5. The van der Waals surface area contributed by atoms with Crippen LogP contribution < -0.4 is 0 Å². The van der Waals surface area contributed by atoms with Gasteiger partial charge in [-0.2, -0.15) is 5.10 Å². The maximum atomic E-state index is 9.13. The minimum absolute atomic E-state index is 0.0625. The molecule has 2 aromatic rings. The number of para-hydroxylation sites is 1. The van der Waals surface area contributed by atoms with Crippen LogP contribution in [0.4, 0.5) is 0 Å². The smallest absolute Gasteiger partial charge is 0.131 e. The third kappa shape index (κ3) is 1.34. The van der Waals surface area contributed by atoms with Crippen LogP contribution in [0.15, 0.2) is 18.2 Å². The molecule has 68 valence electrons. The molecule has 0 atom stereocenters. The van der Waals surface area contributed by atoms with E-state index in [0.717, 1.165) is 20.2 Å². The lowest BCUT2D eigenvalue weighted by Gasteiger charge is -2.00. The fourth-order valence-electron chi connectivity index (χ4n) is 1.50. The Morgan fingerprint density at radius 2 is 2.31 bits per heavy atom. The number of aryl methyl sites for hydroxylation is 1. The number of hydrogen-bond acceptors (Lipinski definition) is 2. The predicted octanol–water partition coefficient (Wildman–Crippen LogP) is 1.67. The quantitative estimate of drug-likeness (QED) is 0.811. The maximum absolute atomic E-state index is 9.13. The van der Waals surface area contributed by atoms with Gasteiger partial charge in [-0.3, -0.25) is 4.68 Å². The van der Waals surface area contributed by atoms with E-state index in [1.807, 2.05) is 29.9 Å². The van der Waals surface area contributed by atoms with Crippen molar-refractivity contribution in [2.24, 2.45) is 7.05 Å². The second-order valence-electron chi connectivity index (χ2n) is 2.89. The highest BCUT2D eigenvalue weighted by Gasteiger charge is 2.08. The maximum Gasteiger partial charge on any atom is 0.131 e. The number of benzene rings is 1. The van der Waals surface area contributed by atoms with Gasteiger partial charge in [-0.15, -0.1) is 0 Å². The molecule has 1 aromatic heterocycles. The molecule has 0 saturated heterocycles. The van der Waals surface area contributed by atoms with Crippen LogP contribution in [0, 0.1) is 3.70 Å². The third-order valence-corrected chi connectivity index (χ3v) is 2.87. The molecule has 0 aliphatic heterocycles. The Labute approximate surface area is 89.5 Å². The molecule has 13 heavy (non-hydrogen) atoms. The standard InChI is InChI=1S/C9H9IN2O/c1-12-8-6(5-13)3-2-4-7(8)9(10)11-12/h2-4,13H,5H2,1H3. The van der Waals surface area contributed by atoms with E-state index < -0.39 is 0 Å². The second kappa shape index (κ2) is 3.26. The highest BCUT2D eigenvalue weighted by Crippen LogP contribution is 2.22. The first-order valence-corrected chi connectivity index (χ1v) is 5.03. The molecule has 1 heterocycles. The molecule has 0 saturated carbocycles. The number of fused-ring (bicyclic) bond motifs is 1. The normalized spacial score (nSPS) is 11.0. The second-order valence-corrected chi connectivity index (χ2v) is 3.91. The Hall–Kier alpha value is -0.620. The summed E-state index contributed by atoms with van der Waals surface area (Å²) in [4.78, 5) is 0. The first kappa shape index (κ1) is 8.96. The van der Waals surface area contributed by atoms with Gasteiger partial charge in [-0.25, -0.2) is 0 Å². The van der Waals surface area contributed by atoms with Crippen LogP contribution in [0.3, 0.4) is 0 Å². The third-order valence-electron chi connectivity index (χ3n) is 2.07. The summed E-state index contributed by atoms with van der Waals surface area (Å²) >= 11 is 2.20. The van der Waals surface area contributed by atoms with Crippen LogP contribution in [-0.2, 0) is 13.7 Å². The van der Waals surface area contributed by atoms with Crippen molar-refractivity contribution < 1.29 is 5.11 Å². The molecule has 3 nitrogen and oxygen atoms in total. The van der Waals surface area contributed by atoms with Crippen molar-refractivity contribution in [2.75, 3.05) is 0 Å². The summed E-state index contributed by atoms with van der Waals surface area (Å²) in [6.45, 7) is 0.0625. The first-order chi connectivity index (χ1) is 6.24. The molecule has 1 N–H and O–H groups in total. The van der Waals surface area contributed by atoms with Crippen molar-refractivity contribution in [2.45, 2.75) is 6.61 Å². The molecule has 0 aliphatic carbocycles. The highest BCUT2D eigenvalue weighted by molar-refractivity contribution is 14.1. The van der Waals surface area contributed by atoms with E-state index >= 15 is 0 Å². The van der Waals surface area contributed by atoms with Crippen LogP contribution in [0.1, 0.15) is 5.56 Å². The fourth-order valence-corrected chi connectivity index (χ4v) is 2.26. The molecule has 2 rings (SSSR count). The number of rotatable bonds is 1. The van der Waals surface area contributed by atoms with Crippen molar-refractivity contribution >= 4 is 33.5 Å². The SMILES string of the molecule is Cn1nc(I)c2cccc(CO)c21. The van der Waals surface area contributed by atoms with Gasteiger partial charge in [0.2, 0.25) is 0 Å². The van der Waals surface area contributed by atoms with Crippen molar-refractivity contribution in [3.05, 3.63) is 27.5 Å². The zero-order valence-corrected chi connectivity index (χ0v) is 9.32. The molecule has 0 amide bonds. The van der Waals surface area contributed by atoms with Crippen molar-refractivity contribution in [1.82, 2.24) is 9.78 Å². The van der Waals surface area contributed by atoms with Gasteiger partial charge in [0, 0.05) is 18.0 Å². The molecule has 0 aliphatic rings. The summed E-state index contributed by atoms with van der Waals surface area (Å²) in [6, 6.07) is 5.88. The van der Waals surface area contributed by atoms with E-state index in [9.17, 15) is 0 Å². The first-order valence-electron chi connectivity index (χ1n) is 3.95. The Morgan fingerprint density at radius 1 is 1.54 bits per heavy atom. The van der Waals surface area contributed by atoms with E-state index in [4.69, 9.17) is 5.11 Å². The Kier molecular flexibility index (Phi) is 2.25. The molecule has 0 radical (unpaired) electrons. The molecule has 1 aromatic carbocycles. The highest BCUT2D eigenvalue weighted by atomic mass is 127. The zero-order valence-electron chi connectivity index (χ0n) is 7.16. The molecule has 0 fully saturated rings. The number of aromatic nitrogens is 2. The van der Waals surface area contributed by atoms with Gasteiger partial charge in [0.25, 0.3) is 0 Å². The van der Waals surface area contributed by atoms with Gasteiger partial charge >= 0.3 is 0 Å². The van der Waals surface area contributed by atoms with Crippen LogP contribution >= 0.6 is 22.6 Å².